The van der Waals surface area contributed by atoms with Crippen molar-refractivity contribution in [3.8, 4) is 17.2 Å². The molecule has 5 rings (SSSR count). The van der Waals surface area contributed by atoms with Crippen LogP contribution in [0.3, 0.4) is 0 Å². The average Bonchev–Trinajstić information content (AvgIpc) is 3.58. The number of thiazole rings is 1. The van der Waals surface area contributed by atoms with Crippen molar-refractivity contribution in [2.45, 2.75) is 11.7 Å². The van der Waals surface area contributed by atoms with Crippen molar-refractivity contribution in [3.63, 3.8) is 0 Å². The quantitative estimate of drug-likeness (QED) is 0.229. The van der Waals surface area contributed by atoms with E-state index >= 15 is 0 Å². The van der Waals surface area contributed by atoms with Gasteiger partial charge < -0.3 is 20.1 Å². The van der Waals surface area contributed by atoms with Crippen molar-refractivity contribution in [3.05, 3.63) is 83.9 Å². The van der Waals surface area contributed by atoms with Crippen molar-refractivity contribution in [2.75, 3.05) is 25.3 Å². The number of hydrogen-bond acceptors (Lipinski definition) is 9. The van der Waals surface area contributed by atoms with E-state index in [0.29, 0.717) is 38.9 Å². The Morgan fingerprint density at radius 1 is 1.00 bits per heavy atom. The highest BCUT2D eigenvalue weighted by atomic mass is 32.2. The van der Waals surface area contributed by atoms with E-state index in [4.69, 9.17) is 9.47 Å². The lowest BCUT2D eigenvalue weighted by Crippen LogP contribution is -2.24. The molecule has 0 aliphatic rings. The Kier molecular flexibility index (Phi) is 8.22. The van der Waals surface area contributed by atoms with Crippen molar-refractivity contribution in [1.29, 1.82) is 0 Å². The number of fused-ring (bicyclic) bond motifs is 1. The van der Waals surface area contributed by atoms with Crippen LogP contribution in [0, 0.1) is 5.82 Å². The van der Waals surface area contributed by atoms with Crippen molar-refractivity contribution < 1.29 is 23.5 Å². The van der Waals surface area contributed by atoms with Crippen molar-refractivity contribution in [1.82, 2.24) is 25.1 Å². The molecule has 0 aliphatic carbocycles. The molecular weight excluding hydrogens is 555 g/mol. The summed E-state index contributed by atoms with van der Waals surface area (Å²) in [4.78, 5) is 30.0. The number of thioether (sulfide) groups is 1. The number of anilines is 1. The zero-order valence-corrected chi connectivity index (χ0v) is 23.0. The highest BCUT2D eigenvalue weighted by molar-refractivity contribution is 7.99. The third-order valence-corrected chi connectivity index (χ3v) is 7.56. The first kappa shape index (κ1) is 27.1. The second-order valence-corrected chi connectivity index (χ2v) is 10.3. The summed E-state index contributed by atoms with van der Waals surface area (Å²) in [5.74, 6) is 0.330. The maximum Gasteiger partial charge on any atom is 0.251 e. The number of nitrogens with one attached hydrogen (secondary N) is 2. The number of carbonyl (C=O) groups is 2. The number of nitrogens with zero attached hydrogens (tertiary/aromatic N) is 4. The van der Waals surface area contributed by atoms with Gasteiger partial charge in [0.25, 0.3) is 5.91 Å². The molecule has 2 aromatic heterocycles. The van der Waals surface area contributed by atoms with E-state index < -0.39 is 5.82 Å². The first-order valence-electron chi connectivity index (χ1n) is 11.9. The van der Waals surface area contributed by atoms with Gasteiger partial charge in [0.1, 0.15) is 17.3 Å². The molecule has 3 aromatic carbocycles. The molecule has 13 heteroatoms. The monoisotopic (exact) mass is 578 g/mol. The number of methoxy groups -OCH3 is 2. The molecule has 0 atom stereocenters. The maximum atomic E-state index is 13.7. The molecule has 0 spiro atoms. The van der Waals surface area contributed by atoms with Crippen LogP contribution in [0.5, 0.6) is 11.5 Å². The second kappa shape index (κ2) is 12.1. The standard InChI is InChI=1S/C27H23FN6O4S2/c1-37-19-11-16(12-20(13-19)38-2)25(36)29-14-23-32-33-27(34(23)18-9-7-17(28)8-10-18)39-15-24(35)31-26-30-21-5-3-4-6-22(21)40-26/h3-13H,14-15H2,1-2H3,(H,29,36)(H,30,31,35). The summed E-state index contributed by atoms with van der Waals surface area (Å²) < 4.78 is 26.8. The molecule has 0 fully saturated rings. The van der Waals surface area contributed by atoms with Gasteiger partial charge in [-0.3, -0.25) is 14.2 Å². The van der Waals surface area contributed by atoms with Crippen molar-refractivity contribution >= 4 is 50.3 Å². The number of halogens is 1. The first-order chi connectivity index (χ1) is 19.4. The molecule has 0 aliphatic heterocycles. The van der Waals surface area contributed by atoms with E-state index in [0.717, 1.165) is 22.0 Å². The van der Waals surface area contributed by atoms with Crippen LogP contribution in [-0.4, -0.2) is 51.5 Å². The fraction of sp³-hybridized carbons (Fsp3) is 0.148. The van der Waals surface area contributed by atoms with E-state index in [2.05, 4.69) is 25.8 Å². The SMILES string of the molecule is COc1cc(OC)cc(C(=O)NCc2nnc(SCC(=O)Nc3nc4ccccc4s3)n2-c2ccc(F)cc2)c1. The predicted octanol–water partition coefficient (Wildman–Crippen LogP) is 4.69. The number of carbonyl (C=O) groups excluding carboxylic acids is 2. The minimum atomic E-state index is -0.400. The Morgan fingerprint density at radius 2 is 1.73 bits per heavy atom. The number of para-hydroxylation sites is 1. The predicted molar refractivity (Wildman–Crippen MR) is 151 cm³/mol. The summed E-state index contributed by atoms with van der Waals surface area (Å²) in [6.07, 6.45) is 0. The second-order valence-electron chi connectivity index (χ2n) is 8.32. The van der Waals surface area contributed by atoms with E-state index in [-0.39, 0.29) is 24.1 Å². The van der Waals surface area contributed by atoms with Crippen LogP contribution in [0.4, 0.5) is 9.52 Å². The van der Waals surface area contributed by atoms with Crippen LogP contribution in [-0.2, 0) is 11.3 Å². The Hall–Kier alpha value is -4.49. The van der Waals surface area contributed by atoms with E-state index in [1.54, 1.807) is 34.9 Å². The summed E-state index contributed by atoms with van der Waals surface area (Å²) in [5, 5.41) is 15.0. The smallest absolute Gasteiger partial charge is 0.251 e. The molecule has 0 bridgehead atoms. The molecule has 0 saturated carbocycles. The summed E-state index contributed by atoms with van der Waals surface area (Å²) in [5.41, 5.74) is 1.73. The highest BCUT2D eigenvalue weighted by Gasteiger charge is 2.18. The van der Waals surface area contributed by atoms with Gasteiger partial charge in [0.15, 0.2) is 16.1 Å². The number of rotatable bonds is 10. The van der Waals surface area contributed by atoms with Crippen LogP contribution in [0.25, 0.3) is 15.9 Å². The Labute approximate surface area is 236 Å². The van der Waals surface area contributed by atoms with E-state index in [1.165, 1.54) is 37.7 Å². The molecule has 5 aromatic rings. The van der Waals surface area contributed by atoms with Crippen LogP contribution in [0.2, 0.25) is 0 Å². The van der Waals surface area contributed by atoms with E-state index in [1.807, 2.05) is 24.3 Å². The topological polar surface area (TPSA) is 120 Å². The third kappa shape index (κ3) is 6.21. The number of benzene rings is 3. The zero-order chi connectivity index (χ0) is 28.1. The summed E-state index contributed by atoms with van der Waals surface area (Å²) in [6.45, 7) is 0.0151. The molecule has 0 unspecified atom stereocenters. The molecule has 0 radical (unpaired) electrons. The number of aromatic nitrogens is 4. The lowest BCUT2D eigenvalue weighted by molar-refractivity contribution is -0.113. The molecule has 2 heterocycles. The zero-order valence-electron chi connectivity index (χ0n) is 21.4. The number of hydrogen-bond donors (Lipinski definition) is 2. The Balaban J connectivity index is 1.32. The first-order valence-corrected chi connectivity index (χ1v) is 13.7. The fourth-order valence-corrected chi connectivity index (χ4v) is 5.42. The van der Waals surface area contributed by atoms with Crippen LogP contribution < -0.4 is 20.1 Å². The van der Waals surface area contributed by atoms with Gasteiger partial charge in [-0.25, -0.2) is 9.37 Å². The number of amides is 2. The summed E-state index contributed by atoms with van der Waals surface area (Å²) in [7, 11) is 3.00. The molecular formula is C27H23FN6O4S2. The summed E-state index contributed by atoms with van der Waals surface area (Å²) >= 11 is 2.54. The molecule has 2 N–H and O–H groups in total. The highest BCUT2D eigenvalue weighted by Crippen LogP contribution is 2.27. The van der Waals surface area contributed by atoms with Gasteiger partial charge >= 0.3 is 0 Å². The lowest BCUT2D eigenvalue weighted by atomic mass is 10.2. The van der Waals surface area contributed by atoms with Gasteiger partial charge in [-0.05, 0) is 48.5 Å². The average molecular weight is 579 g/mol. The van der Waals surface area contributed by atoms with Gasteiger partial charge in [-0.15, -0.1) is 10.2 Å². The van der Waals surface area contributed by atoms with E-state index in [9.17, 15) is 14.0 Å². The van der Waals surface area contributed by atoms with Gasteiger partial charge in [-0.1, -0.05) is 35.2 Å². The molecule has 40 heavy (non-hydrogen) atoms. The van der Waals surface area contributed by atoms with Gasteiger partial charge in [0.05, 0.1) is 36.7 Å². The van der Waals surface area contributed by atoms with Gasteiger partial charge in [-0.2, -0.15) is 0 Å². The van der Waals surface area contributed by atoms with Gasteiger partial charge in [0.2, 0.25) is 5.91 Å². The Morgan fingerprint density at radius 3 is 2.42 bits per heavy atom. The minimum absolute atomic E-state index is 0.0151. The number of ether oxygens (including phenoxy) is 2. The van der Waals surface area contributed by atoms with Gasteiger partial charge in [0, 0.05) is 17.3 Å². The van der Waals surface area contributed by atoms with Crippen LogP contribution in [0.15, 0.2) is 71.9 Å². The largest absolute Gasteiger partial charge is 0.497 e. The lowest BCUT2D eigenvalue weighted by Gasteiger charge is -2.12. The third-order valence-electron chi connectivity index (χ3n) is 5.68. The molecule has 2 amide bonds. The van der Waals surface area contributed by atoms with Crippen molar-refractivity contribution in [2.24, 2.45) is 0 Å². The van der Waals surface area contributed by atoms with Crippen LogP contribution in [0.1, 0.15) is 16.2 Å². The minimum Gasteiger partial charge on any atom is -0.497 e. The molecule has 0 saturated heterocycles. The molecule has 204 valence electrons. The fourth-order valence-electron chi connectivity index (χ4n) is 3.77. The van der Waals surface area contributed by atoms with Crippen LogP contribution >= 0.6 is 23.1 Å². The normalized spacial score (nSPS) is 10.9. The maximum absolute atomic E-state index is 13.7. The molecule has 10 nitrogen and oxygen atoms in total. The summed E-state index contributed by atoms with van der Waals surface area (Å²) in [6, 6.07) is 18.2. The Bertz CT molecular complexity index is 1620.